The Labute approximate surface area is 95.0 Å². The van der Waals surface area contributed by atoms with E-state index < -0.39 is 17.3 Å². The van der Waals surface area contributed by atoms with Crippen LogP contribution in [0, 0.1) is 5.82 Å². The van der Waals surface area contributed by atoms with Gasteiger partial charge >= 0.3 is 5.97 Å². The number of hydrogen-bond donors (Lipinski definition) is 1. The zero-order valence-corrected chi connectivity index (χ0v) is 9.67. The average Bonchev–Trinajstić information content (AvgIpc) is 2.16. The maximum absolute atomic E-state index is 13.1. The van der Waals surface area contributed by atoms with E-state index in [-0.39, 0.29) is 4.47 Å². The van der Waals surface area contributed by atoms with Gasteiger partial charge in [0.1, 0.15) is 17.1 Å². The fourth-order valence-electron chi connectivity index (χ4n) is 1.05. The van der Waals surface area contributed by atoms with E-state index in [0.29, 0.717) is 12.4 Å². The second kappa shape index (κ2) is 5.11. The molecule has 15 heavy (non-hydrogen) atoms. The second-order valence-electron chi connectivity index (χ2n) is 2.89. The van der Waals surface area contributed by atoms with Crippen LogP contribution in [0.3, 0.4) is 0 Å². The molecule has 0 fully saturated rings. The summed E-state index contributed by atoms with van der Waals surface area (Å²) >= 11 is 3.02. The SMILES string of the molecule is CCCOc1ccc(F)c(C(=O)O)c1Br. The van der Waals surface area contributed by atoms with Crippen LogP contribution in [0.5, 0.6) is 5.75 Å². The molecule has 0 saturated carbocycles. The van der Waals surface area contributed by atoms with Gasteiger partial charge in [0.25, 0.3) is 0 Å². The third-order valence-electron chi connectivity index (χ3n) is 1.73. The molecule has 0 aromatic heterocycles. The monoisotopic (exact) mass is 276 g/mol. The number of rotatable bonds is 4. The highest BCUT2D eigenvalue weighted by Crippen LogP contribution is 2.30. The highest BCUT2D eigenvalue weighted by atomic mass is 79.9. The number of ether oxygens (including phenoxy) is 1. The first-order chi connectivity index (χ1) is 7.07. The van der Waals surface area contributed by atoms with Gasteiger partial charge in [-0.1, -0.05) is 6.92 Å². The highest BCUT2D eigenvalue weighted by Gasteiger charge is 2.18. The van der Waals surface area contributed by atoms with Crippen LogP contribution >= 0.6 is 15.9 Å². The zero-order chi connectivity index (χ0) is 11.4. The third kappa shape index (κ3) is 2.68. The van der Waals surface area contributed by atoms with Crippen LogP contribution in [0.15, 0.2) is 16.6 Å². The van der Waals surface area contributed by atoms with Gasteiger partial charge in [-0.25, -0.2) is 9.18 Å². The Morgan fingerprint density at radius 2 is 2.27 bits per heavy atom. The molecule has 0 spiro atoms. The minimum atomic E-state index is -1.32. The van der Waals surface area contributed by atoms with Gasteiger partial charge in [-0.15, -0.1) is 0 Å². The molecular formula is C10H10BrFO3. The molecule has 3 nitrogen and oxygen atoms in total. The van der Waals surface area contributed by atoms with Gasteiger partial charge in [0.05, 0.1) is 11.1 Å². The number of hydrogen-bond acceptors (Lipinski definition) is 2. The molecule has 0 radical (unpaired) electrons. The molecule has 82 valence electrons. The predicted molar refractivity (Wildman–Crippen MR) is 56.8 cm³/mol. The Hall–Kier alpha value is -1.10. The van der Waals surface area contributed by atoms with Crippen LogP contribution in [0.2, 0.25) is 0 Å². The highest BCUT2D eigenvalue weighted by molar-refractivity contribution is 9.10. The number of benzene rings is 1. The lowest BCUT2D eigenvalue weighted by atomic mass is 10.2. The van der Waals surface area contributed by atoms with Gasteiger partial charge in [0.2, 0.25) is 0 Å². The molecule has 0 aliphatic carbocycles. The maximum atomic E-state index is 13.1. The number of aromatic carboxylic acids is 1. The topological polar surface area (TPSA) is 46.5 Å². The smallest absolute Gasteiger partial charge is 0.339 e. The first-order valence-corrected chi connectivity index (χ1v) is 5.21. The Kier molecular flexibility index (Phi) is 4.08. The van der Waals surface area contributed by atoms with E-state index >= 15 is 0 Å². The summed E-state index contributed by atoms with van der Waals surface area (Å²) in [6.45, 7) is 2.39. The molecule has 1 rings (SSSR count). The minimum absolute atomic E-state index is 0.142. The molecule has 0 aliphatic heterocycles. The van der Waals surface area contributed by atoms with Gasteiger partial charge in [0, 0.05) is 0 Å². The first kappa shape index (κ1) is 12.0. The maximum Gasteiger partial charge on any atom is 0.339 e. The summed E-state index contributed by atoms with van der Waals surface area (Å²) in [5, 5.41) is 8.77. The van der Waals surface area contributed by atoms with Crippen molar-refractivity contribution in [3.8, 4) is 5.75 Å². The summed E-state index contributed by atoms with van der Waals surface area (Å²) in [5.41, 5.74) is -0.399. The van der Waals surface area contributed by atoms with Crippen molar-refractivity contribution in [2.75, 3.05) is 6.61 Å². The molecule has 0 heterocycles. The van der Waals surface area contributed by atoms with E-state index in [0.717, 1.165) is 12.5 Å². The van der Waals surface area contributed by atoms with E-state index in [1.54, 1.807) is 0 Å². The first-order valence-electron chi connectivity index (χ1n) is 4.42. The summed E-state index contributed by atoms with van der Waals surface area (Å²) in [4.78, 5) is 10.7. The van der Waals surface area contributed by atoms with Gasteiger partial charge in [-0.05, 0) is 34.5 Å². The molecule has 0 saturated heterocycles. The zero-order valence-electron chi connectivity index (χ0n) is 8.09. The normalized spacial score (nSPS) is 10.1. The van der Waals surface area contributed by atoms with E-state index in [4.69, 9.17) is 9.84 Å². The van der Waals surface area contributed by atoms with Gasteiger partial charge in [0.15, 0.2) is 0 Å². The third-order valence-corrected chi connectivity index (χ3v) is 2.52. The summed E-state index contributed by atoms with van der Waals surface area (Å²) in [6, 6.07) is 2.49. The van der Waals surface area contributed by atoms with Crippen molar-refractivity contribution < 1.29 is 19.0 Å². The van der Waals surface area contributed by atoms with Crippen molar-refractivity contribution in [3.05, 3.63) is 28.0 Å². The molecule has 0 bridgehead atoms. The van der Waals surface area contributed by atoms with Gasteiger partial charge in [-0.2, -0.15) is 0 Å². The average molecular weight is 277 g/mol. The molecule has 1 aromatic carbocycles. The van der Waals surface area contributed by atoms with Crippen LogP contribution in [0.4, 0.5) is 4.39 Å². The van der Waals surface area contributed by atoms with Crippen LogP contribution < -0.4 is 4.74 Å². The van der Waals surface area contributed by atoms with E-state index in [1.807, 2.05) is 6.92 Å². The minimum Gasteiger partial charge on any atom is -0.492 e. The van der Waals surface area contributed by atoms with Crippen LogP contribution in [0.25, 0.3) is 0 Å². The summed E-state index contributed by atoms with van der Waals surface area (Å²) in [5.74, 6) is -1.75. The van der Waals surface area contributed by atoms with E-state index in [9.17, 15) is 9.18 Å². The predicted octanol–water partition coefficient (Wildman–Crippen LogP) is 3.08. The fraction of sp³-hybridized carbons (Fsp3) is 0.300. The lowest BCUT2D eigenvalue weighted by Crippen LogP contribution is -2.04. The molecule has 1 N–H and O–H groups in total. The Bertz CT molecular complexity index is 379. The number of halogens is 2. The van der Waals surface area contributed by atoms with Gasteiger partial charge in [-0.3, -0.25) is 0 Å². The summed E-state index contributed by atoms with van der Waals surface area (Å²) in [7, 11) is 0. The molecule has 1 aromatic rings. The van der Waals surface area contributed by atoms with Crippen molar-refractivity contribution in [2.45, 2.75) is 13.3 Å². The standard InChI is InChI=1S/C10H10BrFO3/c1-2-5-15-7-4-3-6(12)8(9(7)11)10(13)14/h3-4H,2,5H2,1H3,(H,13,14). The van der Waals surface area contributed by atoms with E-state index in [2.05, 4.69) is 15.9 Å². The van der Waals surface area contributed by atoms with Crippen LogP contribution in [0.1, 0.15) is 23.7 Å². The van der Waals surface area contributed by atoms with Crippen molar-refractivity contribution in [1.29, 1.82) is 0 Å². The number of carboxylic acids is 1. The molecule has 0 amide bonds. The van der Waals surface area contributed by atoms with Crippen LogP contribution in [-0.4, -0.2) is 17.7 Å². The number of carboxylic acid groups (broad SMARTS) is 1. The Morgan fingerprint density at radius 3 is 2.80 bits per heavy atom. The van der Waals surface area contributed by atoms with Crippen LogP contribution in [-0.2, 0) is 0 Å². The quantitative estimate of drug-likeness (QED) is 0.919. The molecule has 0 aliphatic rings. The van der Waals surface area contributed by atoms with Crippen molar-refractivity contribution in [1.82, 2.24) is 0 Å². The Morgan fingerprint density at radius 1 is 1.60 bits per heavy atom. The molecule has 0 atom stereocenters. The lowest BCUT2D eigenvalue weighted by Gasteiger charge is -2.09. The number of carbonyl (C=O) groups is 1. The molecule has 5 heteroatoms. The molecule has 0 unspecified atom stereocenters. The second-order valence-corrected chi connectivity index (χ2v) is 3.68. The summed E-state index contributed by atoms with van der Waals surface area (Å²) in [6.07, 6.45) is 0.798. The van der Waals surface area contributed by atoms with E-state index in [1.165, 1.54) is 6.07 Å². The van der Waals surface area contributed by atoms with Crippen molar-refractivity contribution in [2.24, 2.45) is 0 Å². The van der Waals surface area contributed by atoms with Crippen molar-refractivity contribution in [3.63, 3.8) is 0 Å². The lowest BCUT2D eigenvalue weighted by molar-refractivity contribution is 0.0690. The Balaban J connectivity index is 3.11. The fourth-order valence-corrected chi connectivity index (χ4v) is 1.66. The molecular weight excluding hydrogens is 267 g/mol. The van der Waals surface area contributed by atoms with Gasteiger partial charge < -0.3 is 9.84 Å². The largest absolute Gasteiger partial charge is 0.492 e. The van der Waals surface area contributed by atoms with Crippen molar-refractivity contribution >= 4 is 21.9 Å². The summed E-state index contributed by atoms with van der Waals surface area (Å²) < 4.78 is 18.5.